The minimum absolute atomic E-state index is 0.100. The van der Waals surface area contributed by atoms with Crippen molar-refractivity contribution < 1.29 is 22.4 Å². The number of benzene rings is 2. The van der Waals surface area contributed by atoms with Gasteiger partial charge in [-0.1, -0.05) is 30.3 Å². The van der Waals surface area contributed by atoms with Crippen molar-refractivity contribution in [3.8, 4) is 0 Å². The summed E-state index contributed by atoms with van der Waals surface area (Å²) in [6.45, 7) is 0.854. The van der Waals surface area contributed by atoms with Gasteiger partial charge in [-0.3, -0.25) is 9.59 Å². The number of sulfonamides is 1. The average Bonchev–Trinajstić information content (AvgIpc) is 3.33. The van der Waals surface area contributed by atoms with Crippen LogP contribution in [0.25, 0.3) is 10.8 Å². The molecule has 1 saturated heterocycles. The third-order valence-electron chi connectivity index (χ3n) is 5.40. The van der Waals surface area contributed by atoms with Gasteiger partial charge < -0.3 is 14.2 Å². The molecule has 1 aromatic heterocycles. The Morgan fingerprint density at radius 3 is 2.35 bits per heavy atom. The monoisotopic (exact) mass is 441 g/mol. The van der Waals surface area contributed by atoms with Crippen LogP contribution in [-0.2, 0) is 14.8 Å². The Kier molecular flexibility index (Phi) is 5.79. The van der Waals surface area contributed by atoms with Crippen LogP contribution in [0, 0.1) is 0 Å². The maximum atomic E-state index is 13.1. The number of fused-ring (bicyclic) bond motifs is 1. The Balaban J connectivity index is 1.38. The first kappa shape index (κ1) is 21.1. The van der Waals surface area contributed by atoms with E-state index >= 15 is 0 Å². The van der Waals surface area contributed by atoms with Crippen molar-refractivity contribution >= 4 is 32.6 Å². The fourth-order valence-electron chi connectivity index (χ4n) is 3.62. The Morgan fingerprint density at radius 2 is 1.68 bits per heavy atom. The van der Waals surface area contributed by atoms with Crippen LogP contribution >= 0.6 is 0 Å². The summed E-state index contributed by atoms with van der Waals surface area (Å²) in [5.74, 6) is -0.442. The van der Waals surface area contributed by atoms with Crippen LogP contribution in [0.1, 0.15) is 10.6 Å². The molecule has 0 N–H and O–H groups in total. The van der Waals surface area contributed by atoms with E-state index in [1.807, 2.05) is 24.3 Å². The molecule has 0 atom stereocenters. The van der Waals surface area contributed by atoms with Crippen LogP contribution in [0.3, 0.4) is 0 Å². The summed E-state index contributed by atoms with van der Waals surface area (Å²) in [5.41, 5.74) is 0. The van der Waals surface area contributed by atoms with Crippen LogP contribution in [0.5, 0.6) is 0 Å². The molecule has 2 heterocycles. The summed E-state index contributed by atoms with van der Waals surface area (Å²) in [5, 5.41) is 1.84. The van der Waals surface area contributed by atoms with Crippen LogP contribution in [0.2, 0.25) is 0 Å². The topological polar surface area (TPSA) is 91.1 Å². The van der Waals surface area contributed by atoms with Gasteiger partial charge in [0.15, 0.2) is 5.76 Å². The lowest BCUT2D eigenvalue weighted by Gasteiger charge is -2.34. The van der Waals surface area contributed by atoms with Gasteiger partial charge in [-0.25, -0.2) is 8.42 Å². The number of rotatable bonds is 5. The summed E-state index contributed by atoms with van der Waals surface area (Å²) in [6, 6.07) is 15.8. The molecule has 1 fully saturated rings. The molecule has 162 valence electrons. The van der Waals surface area contributed by atoms with Crippen molar-refractivity contribution in [1.29, 1.82) is 0 Å². The van der Waals surface area contributed by atoms with E-state index in [0.717, 1.165) is 10.8 Å². The van der Waals surface area contributed by atoms with Crippen molar-refractivity contribution in [3.63, 3.8) is 0 Å². The second-order valence-electron chi connectivity index (χ2n) is 7.43. The van der Waals surface area contributed by atoms with Crippen molar-refractivity contribution in [1.82, 2.24) is 14.1 Å². The predicted molar refractivity (Wildman–Crippen MR) is 115 cm³/mol. The minimum Gasteiger partial charge on any atom is -0.459 e. The van der Waals surface area contributed by atoms with Gasteiger partial charge in [-0.05, 0) is 35.0 Å². The second-order valence-corrected chi connectivity index (χ2v) is 9.37. The molecule has 0 radical (unpaired) electrons. The lowest BCUT2D eigenvalue weighted by Crippen LogP contribution is -2.52. The lowest BCUT2D eigenvalue weighted by atomic mass is 10.1. The quantitative estimate of drug-likeness (QED) is 0.604. The molecule has 1 aliphatic rings. The summed E-state index contributed by atoms with van der Waals surface area (Å²) in [6.07, 6.45) is 1.40. The van der Waals surface area contributed by atoms with Crippen molar-refractivity contribution in [2.24, 2.45) is 0 Å². The van der Waals surface area contributed by atoms with Gasteiger partial charge in [0, 0.05) is 33.2 Å². The number of carbonyl (C=O) groups excluding carboxylic acids is 2. The molecule has 2 amide bonds. The van der Waals surface area contributed by atoms with Crippen LogP contribution in [0.4, 0.5) is 0 Å². The summed E-state index contributed by atoms with van der Waals surface area (Å²) in [4.78, 5) is 27.9. The lowest BCUT2D eigenvalue weighted by molar-refractivity contribution is -0.132. The Bertz CT molecular complexity index is 1200. The van der Waals surface area contributed by atoms with E-state index in [1.54, 1.807) is 35.2 Å². The van der Waals surface area contributed by atoms with E-state index in [0.29, 0.717) is 0 Å². The van der Waals surface area contributed by atoms with Gasteiger partial charge in [0.05, 0.1) is 17.7 Å². The standard InChI is InChI=1S/C22H23N3O5S/c1-23(22(27)20-7-4-14-30-20)16-21(26)24-10-12-25(13-11-24)31(28,29)19-9-8-17-5-2-3-6-18(17)15-19/h2-9,14-15H,10-13,16H2,1H3. The molecule has 4 rings (SSSR count). The number of amides is 2. The average molecular weight is 442 g/mol. The van der Waals surface area contributed by atoms with Crippen LogP contribution in [-0.4, -0.2) is 74.1 Å². The van der Waals surface area contributed by atoms with Crippen LogP contribution in [0.15, 0.2) is 70.2 Å². The fraction of sp³-hybridized carbons (Fsp3) is 0.273. The molecule has 1 aliphatic heterocycles. The summed E-state index contributed by atoms with van der Waals surface area (Å²) < 4.78 is 32.6. The highest BCUT2D eigenvalue weighted by atomic mass is 32.2. The molecule has 8 nitrogen and oxygen atoms in total. The number of hydrogen-bond acceptors (Lipinski definition) is 5. The van der Waals surface area contributed by atoms with Gasteiger partial charge in [0.1, 0.15) is 0 Å². The van der Waals surface area contributed by atoms with Gasteiger partial charge in [0.25, 0.3) is 5.91 Å². The molecule has 0 spiro atoms. The summed E-state index contributed by atoms with van der Waals surface area (Å²) in [7, 11) is -2.12. The highest BCUT2D eigenvalue weighted by Crippen LogP contribution is 2.23. The van der Waals surface area contributed by atoms with E-state index in [9.17, 15) is 18.0 Å². The molecule has 0 aliphatic carbocycles. The normalized spacial score (nSPS) is 15.2. The first-order valence-electron chi connectivity index (χ1n) is 9.92. The predicted octanol–water partition coefficient (Wildman–Crippen LogP) is 2.04. The van der Waals surface area contributed by atoms with Gasteiger partial charge >= 0.3 is 0 Å². The molecule has 2 aromatic carbocycles. The SMILES string of the molecule is CN(CC(=O)N1CCN(S(=O)(=O)c2ccc3ccccc3c2)CC1)C(=O)c1ccco1. The Labute approximate surface area is 180 Å². The molecule has 31 heavy (non-hydrogen) atoms. The van der Waals surface area contributed by atoms with E-state index in [2.05, 4.69) is 0 Å². The highest BCUT2D eigenvalue weighted by molar-refractivity contribution is 7.89. The van der Waals surface area contributed by atoms with Crippen molar-refractivity contribution in [2.75, 3.05) is 39.8 Å². The highest BCUT2D eigenvalue weighted by Gasteiger charge is 2.31. The number of hydrogen-bond donors (Lipinski definition) is 0. The molecule has 0 bridgehead atoms. The van der Waals surface area contributed by atoms with Gasteiger partial charge in [-0.15, -0.1) is 0 Å². The van der Waals surface area contributed by atoms with Gasteiger partial charge in [0.2, 0.25) is 15.9 Å². The van der Waals surface area contributed by atoms with Crippen LogP contribution < -0.4 is 0 Å². The first-order valence-corrected chi connectivity index (χ1v) is 11.4. The fourth-order valence-corrected chi connectivity index (χ4v) is 5.08. The minimum atomic E-state index is -3.65. The second kappa shape index (κ2) is 8.52. The zero-order valence-electron chi connectivity index (χ0n) is 17.1. The zero-order chi connectivity index (χ0) is 22.0. The third kappa shape index (κ3) is 4.33. The molecular formula is C22H23N3O5S. The number of nitrogens with zero attached hydrogens (tertiary/aromatic N) is 3. The largest absolute Gasteiger partial charge is 0.459 e. The summed E-state index contributed by atoms with van der Waals surface area (Å²) >= 11 is 0. The van der Waals surface area contributed by atoms with Crippen molar-refractivity contribution in [2.45, 2.75) is 4.90 Å². The maximum Gasteiger partial charge on any atom is 0.289 e. The third-order valence-corrected chi connectivity index (χ3v) is 7.30. The number of piperazine rings is 1. The van der Waals surface area contributed by atoms with E-state index < -0.39 is 10.0 Å². The molecule has 3 aromatic rings. The number of furan rings is 1. The Hall–Kier alpha value is -3.17. The van der Waals surface area contributed by atoms with E-state index in [1.165, 1.54) is 22.5 Å². The van der Waals surface area contributed by atoms with Gasteiger partial charge in [-0.2, -0.15) is 4.31 Å². The Morgan fingerprint density at radius 1 is 0.968 bits per heavy atom. The molecule has 0 unspecified atom stereocenters. The van der Waals surface area contributed by atoms with E-state index in [-0.39, 0.29) is 55.2 Å². The molecular weight excluding hydrogens is 418 g/mol. The molecule has 0 saturated carbocycles. The smallest absolute Gasteiger partial charge is 0.289 e. The first-order chi connectivity index (χ1) is 14.9. The zero-order valence-corrected chi connectivity index (χ0v) is 17.9. The van der Waals surface area contributed by atoms with Crippen molar-refractivity contribution in [3.05, 3.63) is 66.6 Å². The molecule has 9 heteroatoms. The number of carbonyl (C=O) groups is 2. The number of likely N-dealkylation sites (N-methyl/N-ethyl adjacent to an activating group) is 1. The van der Waals surface area contributed by atoms with E-state index in [4.69, 9.17) is 4.42 Å². The maximum absolute atomic E-state index is 13.1.